The molecule has 1 aliphatic heterocycles. The summed E-state index contributed by atoms with van der Waals surface area (Å²) in [5.74, 6) is 4.98. The van der Waals surface area contributed by atoms with Gasteiger partial charge in [-0.15, -0.1) is 6.42 Å². The highest BCUT2D eigenvalue weighted by molar-refractivity contribution is 5.74. The summed E-state index contributed by atoms with van der Waals surface area (Å²) in [6.07, 6.45) is 5.59. The Bertz CT molecular complexity index is 955. The minimum absolute atomic E-state index is 0.494. The van der Waals surface area contributed by atoms with E-state index >= 15 is 0 Å². The van der Waals surface area contributed by atoms with Gasteiger partial charge in [0.15, 0.2) is 11.5 Å². The zero-order valence-electron chi connectivity index (χ0n) is 14.3. The quantitative estimate of drug-likeness (QED) is 0.644. The summed E-state index contributed by atoms with van der Waals surface area (Å²) < 4.78 is 17.4. The molecule has 1 aliphatic rings. The predicted molar refractivity (Wildman–Crippen MR) is 102 cm³/mol. The summed E-state index contributed by atoms with van der Waals surface area (Å²) >= 11 is 0. The summed E-state index contributed by atoms with van der Waals surface area (Å²) in [4.78, 5) is 0. The Labute approximate surface area is 153 Å². The molecule has 0 N–H and O–H groups in total. The molecule has 128 valence electrons. The van der Waals surface area contributed by atoms with E-state index in [4.69, 9.17) is 20.6 Å². The lowest BCUT2D eigenvalue weighted by molar-refractivity contribution is 0.171. The van der Waals surface area contributed by atoms with Crippen LogP contribution in [0.3, 0.4) is 0 Å². The van der Waals surface area contributed by atoms with Crippen LogP contribution in [0.15, 0.2) is 66.7 Å². The molecule has 0 bridgehead atoms. The third-order valence-corrected chi connectivity index (χ3v) is 4.24. The van der Waals surface area contributed by atoms with E-state index in [0.717, 1.165) is 39.5 Å². The van der Waals surface area contributed by atoms with Crippen molar-refractivity contribution in [2.75, 3.05) is 13.2 Å². The van der Waals surface area contributed by atoms with Crippen LogP contribution in [0.5, 0.6) is 17.2 Å². The predicted octanol–water partition coefficient (Wildman–Crippen LogP) is 4.69. The summed E-state index contributed by atoms with van der Waals surface area (Å²) in [6.45, 7) is 1.62. The van der Waals surface area contributed by atoms with Gasteiger partial charge in [-0.25, -0.2) is 0 Å². The number of benzene rings is 3. The first-order valence-electron chi connectivity index (χ1n) is 8.51. The maximum Gasteiger partial charge on any atom is 0.161 e. The van der Waals surface area contributed by atoms with E-state index in [1.165, 1.54) is 0 Å². The van der Waals surface area contributed by atoms with E-state index in [1.807, 2.05) is 66.7 Å². The lowest BCUT2D eigenvalue weighted by atomic mass is 10.0. The number of hydrogen-bond donors (Lipinski definition) is 0. The first kappa shape index (κ1) is 16.1. The van der Waals surface area contributed by atoms with Crippen LogP contribution in [0, 0.1) is 12.3 Å². The number of terminal acetylenes is 1. The van der Waals surface area contributed by atoms with E-state index in [1.54, 1.807) is 0 Å². The molecule has 0 aromatic heterocycles. The van der Waals surface area contributed by atoms with Gasteiger partial charge in [-0.2, -0.15) is 0 Å². The molecule has 0 radical (unpaired) electrons. The maximum atomic E-state index is 6.08. The molecule has 0 saturated heterocycles. The van der Waals surface area contributed by atoms with Gasteiger partial charge >= 0.3 is 0 Å². The monoisotopic (exact) mass is 342 g/mol. The molecule has 0 amide bonds. The number of rotatable bonds is 4. The van der Waals surface area contributed by atoms with Crippen molar-refractivity contribution in [1.29, 1.82) is 0 Å². The molecule has 3 heteroatoms. The van der Waals surface area contributed by atoms with Crippen LogP contribution in [0.4, 0.5) is 0 Å². The fourth-order valence-electron chi connectivity index (χ4n) is 2.92. The molecule has 4 rings (SSSR count). The summed E-state index contributed by atoms with van der Waals surface area (Å²) in [5.41, 5.74) is 3.84. The summed E-state index contributed by atoms with van der Waals surface area (Å²) in [6, 6.07) is 21.7. The Balaban J connectivity index is 1.68. The number of hydrogen-bond acceptors (Lipinski definition) is 3. The third kappa shape index (κ3) is 3.36. The molecule has 0 aliphatic carbocycles. The van der Waals surface area contributed by atoms with Crippen molar-refractivity contribution in [1.82, 2.24) is 0 Å². The fraction of sp³-hybridized carbons (Fsp3) is 0.130. The second-order valence-electron chi connectivity index (χ2n) is 5.99. The van der Waals surface area contributed by atoms with Crippen molar-refractivity contribution < 1.29 is 14.2 Å². The Kier molecular flexibility index (Phi) is 4.49. The van der Waals surface area contributed by atoms with Crippen molar-refractivity contribution >= 4 is 0 Å². The van der Waals surface area contributed by atoms with Gasteiger partial charge in [0.25, 0.3) is 0 Å². The summed E-state index contributed by atoms with van der Waals surface area (Å²) in [7, 11) is 0. The van der Waals surface area contributed by atoms with E-state index in [0.29, 0.717) is 19.8 Å². The van der Waals surface area contributed by atoms with Crippen molar-refractivity contribution in [3.63, 3.8) is 0 Å². The largest absolute Gasteiger partial charge is 0.488 e. The molecule has 3 aromatic carbocycles. The molecular weight excluding hydrogens is 324 g/mol. The first-order valence-corrected chi connectivity index (χ1v) is 8.51. The smallest absolute Gasteiger partial charge is 0.161 e. The second-order valence-corrected chi connectivity index (χ2v) is 5.99. The zero-order chi connectivity index (χ0) is 17.8. The molecule has 1 heterocycles. The van der Waals surface area contributed by atoms with E-state index < -0.39 is 0 Å². The molecule has 3 aromatic rings. The maximum absolute atomic E-state index is 6.08. The van der Waals surface area contributed by atoms with Gasteiger partial charge in [0, 0.05) is 11.1 Å². The van der Waals surface area contributed by atoms with Gasteiger partial charge in [0.05, 0.1) is 0 Å². The van der Waals surface area contributed by atoms with Crippen LogP contribution in [-0.2, 0) is 6.61 Å². The SMILES string of the molecule is C#Cc1ccc(OCc2ccccc2)c(-c2ccc3c(c2)OCCO3)c1. The van der Waals surface area contributed by atoms with E-state index in [9.17, 15) is 0 Å². The number of fused-ring (bicyclic) bond motifs is 1. The molecule has 0 spiro atoms. The van der Waals surface area contributed by atoms with Crippen LogP contribution >= 0.6 is 0 Å². The zero-order valence-corrected chi connectivity index (χ0v) is 14.3. The molecule has 26 heavy (non-hydrogen) atoms. The Morgan fingerprint density at radius 2 is 1.69 bits per heavy atom. The van der Waals surface area contributed by atoms with Gasteiger partial charge in [-0.3, -0.25) is 0 Å². The molecule has 0 atom stereocenters. The van der Waals surface area contributed by atoms with E-state index in [2.05, 4.69) is 5.92 Å². The highest BCUT2D eigenvalue weighted by Crippen LogP contribution is 2.38. The highest BCUT2D eigenvalue weighted by Gasteiger charge is 2.15. The molecule has 3 nitrogen and oxygen atoms in total. The first-order chi connectivity index (χ1) is 12.8. The van der Waals surface area contributed by atoms with Gasteiger partial charge in [0.2, 0.25) is 0 Å². The highest BCUT2D eigenvalue weighted by atomic mass is 16.6. The number of ether oxygens (including phenoxy) is 3. The van der Waals surface area contributed by atoms with Crippen LogP contribution < -0.4 is 14.2 Å². The molecule has 0 saturated carbocycles. The van der Waals surface area contributed by atoms with Crippen molar-refractivity contribution in [2.45, 2.75) is 6.61 Å². The molecule has 0 unspecified atom stereocenters. The normalized spacial score (nSPS) is 12.3. The van der Waals surface area contributed by atoms with Gasteiger partial charge < -0.3 is 14.2 Å². The molecular formula is C23H18O3. The van der Waals surface area contributed by atoms with Crippen LogP contribution in [0.25, 0.3) is 11.1 Å². The molecule has 0 fully saturated rings. The van der Waals surface area contributed by atoms with Crippen molar-refractivity contribution in [3.05, 3.63) is 77.9 Å². The summed E-state index contributed by atoms with van der Waals surface area (Å²) in [5, 5.41) is 0. The lowest BCUT2D eigenvalue weighted by Gasteiger charge is -2.19. The topological polar surface area (TPSA) is 27.7 Å². The standard InChI is InChI=1S/C23H18O3/c1-2-17-8-10-21(26-16-18-6-4-3-5-7-18)20(14-17)19-9-11-22-23(15-19)25-13-12-24-22/h1,3-11,14-15H,12-13,16H2. The Morgan fingerprint density at radius 3 is 2.50 bits per heavy atom. The average molecular weight is 342 g/mol. The minimum Gasteiger partial charge on any atom is -0.488 e. The average Bonchev–Trinajstić information content (AvgIpc) is 2.72. The van der Waals surface area contributed by atoms with Gasteiger partial charge in [-0.05, 0) is 41.5 Å². The third-order valence-electron chi connectivity index (χ3n) is 4.24. The van der Waals surface area contributed by atoms with Crippen LogP contribution in [0.2, 0.25) is 0 Å². The lowest BCUT2D eigenvalue weighted by Crippen LogP contribution is -2.15. The van der Waals surface area contributed by atoms with Gasteiger partial charge in [0.1, 0.15) is 25.6 Å². The second kappa shape index (κ2) is 7.25. The van der Waals surface area contributed by atoms with E-state index in [-0.39, 0.29) is 0 Å². The van der Waals surface area contributed by atoms with Crippen molar-refractivity contribution in [3.8, 4) is 40.7 Å². The van der Waals surface area contributed by atoms with Crippen LogP contribution in [0.1, 0.15) is 11.1 Å². The Hall–Kier alpha value is -3.38. The Morgan fingerprint density at radius 1 is 0.885 bits per heavy atom. The van der Waals surface area contributed by atoms with Crippen LogP contribution in [-0.4, -0.2) is 13.2 Å². The van der Waals surface area contributed by atoms with Gasteiger partial charge in [-0.1, -0.05) is 42.3 Å². The minimum atomic E-state index is 0.494. The fourth-order valence-corrected chi connectivity index (χ4v) is 2.92. The van der Waals surface area contributed by atoms with Crippen molar-refractivity contribution in [2.24, 2.45) is 0 Å².